The Morgan fingerprint density at radius 1 is 1.08 bits per heavy atom. The number of hydrogen-bond donors (Lipinski definition) is 1. The molecule has 1 N–H and O–H groups in total. The third-order valence-electron chi connectivity index (χ3n) is 4.39. The second kappa shape index (κ2) is 11.9. The highest BCUT2D eigenvalue weighted by molar-refractivity contribution is 9.10. The van der Waals surface area contributed by atoms with Crippen LogP contribution in [0.5, 0.6) is 11.5 Å². The molecule has 0 saturated heterocycles. The Labute approximate surface area is 164 Å². The fourth-order valence-corrected chi connectivity index (χ4v) is 3.28. The molecule has 0 unspecified atom stereocenters. The number of fused-ring (bicyclic) bond motifs is 1. The van der Waals surface area contributed by atoms with Crippen molar-refractivity contribution >= 4 is 28.1 Å². The van der Waals surface area contributed by atoms with Gasteiger partial charge in [0.1, 0.15) is 0 Å². The summed E-state index contributed by atoms with van der Waals surface area (Å²) in [6, 6.07) is 3.68. The molecule has 0 radical (unpaired) electrons. The monoisotopic (exact) mass is 424 g/mol. The highest BCUT2D eigenvalue weighted by Gasteiger charge is 2.15. The van der Waals surface area contributed by atoms with E-state index in [2.05, 4.69) is 33.4 Å². The number of ether oxygens (including phenoxy) is 2. The molecule has 2 rings (SSSR count). The van der Waals surface area contributed by atoms with Crippen molar-refractivity contribution < 1.29 is 14.3 Å². The number of nitrogens with one attached hydrogen (secondary N) is 1. The van der Waals surface area contributed by atoms with Crippen molar-refractivity contribution in [2.24, 2.45) is 5.10 Å². The molecule has 5 nitrogen and oxygen atoms in total. The van der Waals surface area contributed by atoms with Gasteiger partial charge >= 0.3 is 0 Å². The van der Waals surface area contributed by atoms with Gasteiger partial charge in [-0.15, -0.1) is 0 Å². The molecule has 1 heterocycles. The predicted octanol–water partition coefficient (Wildman–Crippen LogP) is 5.55. The molecule has 1 aliphatic rings. The van der Waals surface area contributed by atoms with Gasteiger partial charge < -0.3 is 9.47 Å². The van der Waals surface area contributed by atoms with Crippen LogP contribution in [-0.4, -0.2) is 18.9 Å². The van der Waals surface area contributed by atoms with Crippen molar-refractivity contribution in [3.63, 3.8) is 0 Å². The lowest BCUT2D eigenvalue weighted by Gasteiger charge is -2.03. The summed E-state index contributed by atoms with van der Waals surface area (Å²) in [5.41, 5.74) is 3.42. The molecular formula is C20H29BrN2O3. The quantitative estimate of drug-likeness (QED) is 0.271. The number of halogens is 1. The Morgan fingerprint density at radius 2 is 1.69 bits per heavy atom. The highest BCUT2D eigenvalue weighted by atomic mass is 79.9. The van der Waals surface area contributed by atoms with E-state index >= 15 is 0 Å². The van der Waals surface area contributed by atoms with Crippen molar-refractivity contribution in [1.82, 2.24) is 5.43 Å². The van der Waals surface area contributed by atoms with Crippen LogP contribution in [0.3, 0.4) is 0 Å². The summed E-state index contributed by atoms with van der Waals surface area (Å²) in [4.78, 5) is 11.8. The molecule has 0 fully saturated rings. The number of hydrazone groups is 1. The first kappa shape index (κ1) is 20.7. The maximum Gasteiger partial charge on any atom is 0.240 e. The molecule has 1 amide bonds. The van der Waals surface area contributed by atoms with Crippen LogP contribution in [-0.2, 0) is 4.79 Å². The molecular weight excluding hydrogens is 396 g/mol. The number of hydrogen-bond acceptors (Lipinski definition) is 4. The fraction of sp³-hybridized carbons (Fsp3) is 0.600. The summed E-state index contributed by atoms with van der Waals surface area (Å²) in [7, 11) is 0. The summed E-state index contributed by atoms with van der Waals surface area (Å²) < 4.78 is 11.5. The zero-order valence-corrected chi connectivity index (χ0v) is 17.1. The van der Waals surface area contributed by atoms with Crippen molar-refractivity contribution in [2.75, 3.05) is 6.79 Å². The van der Waals surface area contributed by atoms with Crippen LogP contribution in [0.25, 0.3) is 0 Å². The molecule has 1 aliphatic heterocycles. The van der Waals surface area contributed by atoms with Gasteiger partial charge in [-0.1, -0.05) is 58.3 Å². The minimum Gasteiger partial charge on any atom is -0.454 e. The average Bonchev–Trinajstić information content (AvgIpc) is 3.07. The summed E-state index contributed by atoms with van der Waals surface area (Å²) in [6.45, 7) is 2.47. The van der Waals surface area contributed by atoms with Gasteiger partial charge in [-0.05, 0) is 34.5 Å². The number of amides is 1. The van der Waals surface area contributed by atoms with Crippen LogP contribution in [0.15, 0.2) is 21.7 Å². The molecule has 0 aromatic heterocycles. The van der Waals surface area contributed by atoms with E-state index in [1.54, 1.807) is 6.21 Å². The number of rotatable bonds is 12. The molecule has 0 bridgehead atoms. The van der Waals surface area contributed by atoms with E-state index in [0.29, 0.717) is 17.9 Å². The lowest BCUT2D eigenvalue weighted by molar-refractivity contribution is -0.121. The lowest BCUT2D eigenvalue weighted by Crippen LogP contribution is -2.16. The van der Waals surface area contributed by atoms with E-state index in [9.17, 15) is 4.79 Å². The van der Waals surface area contributed by atoms with Crippen molar-refractivity contribution in [3.05, 3.63) is 22.2 Å². The molecule has 1 aromatic carbocycles. The van der Waals surface area contributed by atoms with E-state index in [1.165, 1.54) is 44.9 Å². The van der Waals surface area contributed by atoms with Crippen LogP contribution >= 0.6 is 15.9 Å². The minimum atomic E-state index is -0.0407. The van der Waals surface area contributed by atoms with Gasteiger partial charge in [-0.2, -0.15) is 5.10 Å². The molecule has 0 spiro atoms. The van der Waals surface area contributed by atoms with Gasteiger partial charge in [0.25, 0.3) is 0 Å². The standard InChI is InChI=1S/C20H29BrN2O3/c1-2-3-4-5-6-7-8-9-10-11-20(24)23-22-14-16-12-18-19(13-17(16)21)26-15-25-18/h12-14H,2-11,15H2,1H3,(H,23,24). The Kier molecular flexibility index (Phi) is 9.53. The van der Waals surface area contributed by atoms with Crippen LogP contribution in [0.2, 0.25) is 0 Å². The van der Waals surface area contributed by atoms with Gasteiger partial charge in [-0.3, -0.25) is 4.79 Å². The van der Waals surface area contributed by atoms with Gasteiger partial charge in [0.2, 0.25) is 12.7 Å². The first-order chi connectivity index (χ1) is 12.7. The van der Waals surface area contributed by atoms with E-state index < -0.39 is 0 Å². The maximum atomic E-state index is 11.8. The largest absolute Gasteiger partial charge is 0.454 e. The van der Waals surface area contributed by atoms with Crippen LogP contribution in [0, 0.1) is 0 Å². The van der Waals surface area contributed by atoms with E-state index in [1.807, 2.05) is 12.1 Å². The first-order valence-corrected chi connectivity index (χ1v) is 10.4. The van der Waals surface area contributed by atoms with Gasteiger partial charge in [0.05, 0.1) is 6.21 Å². The third kappa shape index (κ3) is 7.36. The first-order valence-electron chi connectivity index (χ1n) is 9.61. The second-order valence-electron chi connectivity index (χ2n) is 6.60. The molecule has 1 aromatic rings. The van der Waals surface area contributed by atoms with Crippen molar-refractivity contribution in [1.29, 1.82) is 0 Å². The van der Waals surface area contributed by atoms with Crippen LogP contribution in [0.1, 0.15) is 76.7 Å². The fourth-order valence-electron chi connectivity index (χ4n) is 2.86. The lowest BCUT2D eigenvalue weighted by atomic mass is 10.1. The Morgan fingerprint density at radius 3 is 2.38 bits per heavy atom. The second-order valence-corrected chi connectivity index (χ2v) is 7.45. The zero-order chi connectivity index (χ0) is 18.6. The Bertz CT molecular complexity index is 605. The van der Waals surface area contributed by atoms with Crippen LogP contribution in [0.4, 0.5) is 0 Å². The summed E-state index contributed by atoms with van der Waals surface area (Å²) in [5.74, 6) is 1.36. The smallest absolute Gasteiger partial charge is 0.240 e. The van der Waals surface area contributed by atoms with Gasteiger partial charge in [0.15, 0.2) is 11.5 Å². The third-order valence-corrected chi connectivity index (χ3v) is 5.08. The average molecular weight is 425 g/mol. The number of benzene rings is 1. The van der Waals surface area contributed by atoms with E-state index in [0.717, 1.165) is 22.9 Å². The molecule has 144 valence electrons. The molecule has 6 heteroatoms. The minimum absolute atomic E-state index is 0.0407. The SMILES string of the molecule is CCCCCCCCCCCC(=O)NN=Cc1cc2c(cc1Br)OCO2. The van der Waals surface area contributed by atoms with Gasteiger partial charge in [-0.25, -0.2) is 5.43 Å². The van der Waals surface area contributed by atoms with Crippen molar-refractivity contribution in [3.8, 4) is 11.5 Å². The van der Waals surface area contributed by atoms with E-state index in [-0.39, 0.29) is 12.7 Å². The number of carbonyl (C=O) groups excluding carboxylic acids is 1. The van der Waals surface area contributed by atoms with Crippen LogP contribution < -0.4 is 14.9 Å². The topological polar surface area (TPSA) is 59.9 Å². The summed E-state index contributed by atoms with van der Waals surface area (Å²) in [6.07, 6.45) is 13.3. The molecule has 0 aliphatic carbocycles. The summed E-state index contributed by atoms with van der Waals surface area (Å²) >= 11 is 3.46. The Balaban J connectivity index is 1.57. The van der Waals surface area contributed by atoms with Crippen molar-refractivity contribution in [2.45, 2.75) is 71.1 Å². The highest BCUT2D eigenvalue weighted by Crippen LogP contribution is 2.36. The Hall–Kier alpha value is -1.56. The number of nitrogens with zero attached hydrogens (tertiary/aromatic N) is 1. The normalized spacial score (nSPS) is 12.7. The molecule has 26 heavy (non-hydrogen) atoms. The summed E-state index contributed by atoms with van der Waals surface area (Å²) in [5, 5.41) is 4.03. The predicted molar refractivity (Wildman–Crippen MR) is 108 cm³/mol. The molecule has 0 saturated carbocycles. The zero-order valence-electron chi connectivity index (χ0n) is 15.6. The molecule has 0 atom stereocenters. The maximum absolute atomic E-state index is 11.8. The number of unbranched alkanes of at least 4 members (excludes halogenated alkanes) is 8. The number of carbonyl (C=O) groups is 1. The van der Waals surface area contributed by atoms with E-state index in [4.69, 9.17) is 9.47 Å². The van der Waals surface area contributed by atoms with Gasteiger partial charge in [0, 0.05) is 16.5 Å².